The van der Waals surface area contributed by atoms with Crippen LogP contribution in [0, 0.1) is 11.8 Å². The number of nitrogens with one attached hydrogen (secondary N) is 2. The van der Waals surface area contributed by atoms with E-state index in [1.807, 2.05) is 38.1 Å². The van der Waals surface area contributed by atoms with Crippen molar-refractivity contribution in [3.05, 3.63) is 108 Å². The maximum atomic E-state index is 14.1. The van der Waals surface area contributed by atoms with E-state index in [2.05, 4.69) is 10.6 Å². The first-order valence-electron chi connectivity index (χ1n) is 21.3. The lowest BCUT2D eigenvalue weighted by Gasteiger charge is -2.30. The van der Waals surface area contributed by atoms with Gasteiger partial charge in [-0.25, -0.2) is 9.59 Å². The van der Waals surface area contributed by atoms with Gasteiger partial charge in [0, 0.05) is 26.9 Å². The summed E-state index contributed by atoms with van der Waals surface area (Å²) < 4.78 is 22.2. The van der Waals surface area contributed by atoms with Crippen molar-refractivity contribution in [3.63, 3.8) is 0 Å². The second-order valence-corrected chi connectivity index (χ2v) is 16.7. The van der Waals surface area contributed by atoms with Gasteiger partial charge in [-0.3, -0.25) is 24.0 Å². The van der Waals surface area contributed by atoms with Crippen molar-refractivity contribution in [1.29, 1.82) is 0 Å². The Kier molecular flexibility index (Phi) is 20.3. The van der Waals surface area contributed by atoms with Gasteiger partial charge in [-0.2, -0.15) is 0 Å². The molecule has 2 N–H and O–H groups in total. The quantitative estimate of drug-likeness (QED) is 0.0970. The van der Waals surface area contributed by atoms with E-state index in [-0.39, 0.29) is 25.4 Å². The Morgan fingerprint density at radius 2 is 0.984 bits per heavy atom. The van der Waals surface area contributed by atoms with Crippen LogP contribution in [-0.2, 0) is 67.2 Å². The lowest BCUT2D eigenvalue weighted by atomic mass is 9.97. The van der Waals surface area contributed by atoms with Crippen LogP contribution in [0.5, 0.6) is 0 Å². The number of hydrogen-bond donors (Lipinski definition) is 2. The molecule has 15 nitrogen and oxygen atoms in total. The summed E-state index contributed by atoms with van der Waals surface area (Å²) in [7, 11) is 2.77. The lowest BCUT2D eigenvalue weighted by Crippen LogP contribution is -2.55. The van der Waals surface area contributed by atoms with Gasteiger partial charge in [0.25, 0.3) is 5.91 Å². The molecule has 342 valence electrons. The van der Waals surface area contributed by atoms with Gasteiger partial charge in [-0.15, -0.1) is 0 Å². The lowest BCUT2D eigenvalue weighted by molar-refractivity contribution is -0.169. The molecule has 0 saturated heterocycles. The highest BCUT2D eigenvalue weighted by Gasteiger charge is 2.36. The van der Waals surface area contributed by atoms with E-state index in [0.29, 0.717) is 18.4 Å². The Morgan fingerprint density at radius 3 is 1.41 bits per heavy atom. The van der Waals surface area contributed by atoms with E-state index in [1.54, 1.807) is 101 Å². The molecule has 6 atom stereocenters. The monoisotopic (exact) mass is 872 g/mol. The van der Waals surface area contributed by atoms with Gasteiger partial charge in [0.1, 0.15) is 37.4 Å². The van der Waals surface area contributed by atoms with Crippen LogP contribution in [0.25, 0.3) is 0 Å². The molecule has 3 aromatic carbocycles. The molecule has 0 aromatic heterocycles. The van der Waals surface area contributed by atoms with E-state index in [9.17, 15) is 33.6 Å². The third-order valence-electron chi connectivity index (χ3n) is 10.3. The average Bonchev–Trinajstić information content (AvgIpc) is 3.25. The van der Waals surface area contributed by atoms with Crippen LogP contribution in [0.4, 0.5) is 4.79 Å². The Bertz CT molecular complexity index is 1960. The molecule has 15 heteroatoms. The van der Waals surface area contributed by atoms with Crippen molar-refractivity contribution in [1.82, 2.24) is 20.4 Å². The van der Waals surface area contributed by atoms with Gasteiger partial charge < -0.3 is 39.4 Å². The fraction of sp³-hybridized carbons (Fsp3) is 0.479. The first-order valence-corrected chi connectivity index (χ1v) is 21.3. The summed E-state index contributed by atoms with van der Waals surface area (Å²) in [5, 5.41) is 5.37. The highest BCUT2D eigenvalue weighted by molar-refractivity contribution is 5.93. The number of hydrogen-bond acceptors (Lipinski definition) is 11. The smallest absolute Gasteiger partial charge is 0.408 e. The zero-order valence-corrected chi connectivity index (χ0v) is 38.0. The van der Waals surface area contributed by atoms with Crippen LogP contribution < -0.4 is 10.6 Å². The van der Waals surface area contributed by atoms with E-state index < -0.39 is 90.6 Å². The van der Waals surface area contributed by atoms with Crippen LogP contribution in [-0.4, -0.2) is 109 Å². The van der Waals surface area contributed by atoms with Gasteiger partial charge in [0.15, 0.2) is 6.10 Å². The van der Waals surface area contributed by atoms with Crippen molar-refractivity contribution in [3.8, 4) is 0 Å². The number of benzene rings is 3. The van der Waals surface area contributed by atoms with E-state index in [4.69, 9.17) is 18.9 Å². The zero-order valence-electron chi connectivity index (χ0n) is 38.0. The summed E-state index contributed by atoms with van der Waals surface area (Å²) >= 11 is 0. The molecule has 0 aliphatic rings. The largest absolute Gasteiger partial charge is 0.458 e. The Hall–Kier alpha value is -6.25. The second kappa shape index (κ2) is 25.0. The van der Waals surface area contributed by atoms with Gasteiger partial charge >= 0.3 is 24.0 Å². The molecule has 0 heterocycles. The number of carbonyl (C=O) groups is 7. The van der Waals surface area contributed by atoms with Gasteiger partial charge in [0.2, 0.25) is 17.9 Å². The summed E-state index contributed by atoms with van der Waals surface area (Å²) in [6.07, 6.45) is -2.54. The SMILES string of the molecule is CC[C@H](C)[C@H](NC(=O)OC(C)(C)C)C(=O)N(C)CC(=O)O[C@H](Cc1ccccc1)C(=O)N[C@H](C(=O)N(C)CC(=O)O[C@H](Cc1ccccc1)C(=O)OCc1ccccc1)[C@@H](C)CC. The fourth-order valence-corrected chi connectivity index (χ4v) is 6.30. The van der Waals surface area contributed by atoms with Crippen LogP contribution in [0.1, 0.15) is 78.0 Å². The van der Waals surface area contributed by atoms with Crippen molar-refractivity contribution < 1.29 is 52.5 Å². The number of amides is 4. The number of rotatable bonds is 22. The molecule has 0 fully saturated rings. The molecular formula is C48H64N4O11. The summed E-state index contributed by atoms with van der Waals surface area (Å²) in [6.45, 7) is 11.2. The molecule has 3 rings (SSSR count). The highest BCUT2D eigenvalue weighted by Crippen LogP contribution is 2.17. The minimum absolute atomic E-state index is 0.0291. The second-order valence-electron chi connectivity index (χ2n) is 16.7. The maximum Gasteiger partial charge on any atom is 0.408 e. The van der Waals surface area contributed by atoms with Crippen LogP contribution in [0.15, 0.2) is 91.0 Å². The number of carbonyl (C=O) groups excluding carboxylic acids is 7. The van der Waals surface area contributed by atoms with Crippen molar-refractivity contribution >= 4 is 41.7 Å². The van der Waals surface area contributed by atoms with Crippen molar-refractivity contribution in [2.24, 2.45) is 11.8 Å². The van der Waals surface area contributed by atoms with E-state index >= 15 is 0 Å². The molecule has 0 radical (unpaired) electrons. The minimum atomic E-state index is -1.43. The highest BCUT2D eigenvalue weighted by atomic mass is 16.6. The standard InChI is InChI=1S/C48H64N4O11/c1-10-32(3)41(44(56)51(8)30-40(54)62-38(28-35-23-17-13-18-24-35)46(58)60-31-36-25-19-14-20-26-36)49-43(55)37(27-34-21-15-12-16-22-34)61-39(53)29-52(9)45(57)42(33(4)11-2)50-47(59)63-48(5,6)7/h12-26,32-33,37-38,41-42H,10-11,27-31H2,1-9H3,(H,49,55)(H,50,59)/t32-,33-,37+,38+,41-,42-/m0/s1. The van der Waals surface area contributed by atoms with Gasteiger partial charge in [-0.1, -0.05) is 132 Å². The number of alkyl carbamates (subject to hydrolysis) is 1. The van der Waals surface area contributed by atoms with Crippen LogP contribution in [0.3, 0.4) is 0 Å². The molecular weight excluding hydrogens is 809 g/mol. The number of nitrogens with zero attached hydrogens (tertiary/aromatic N) is 2. The Labute approximate surface area is 371 Å². The van der Waals surface area contributed by atoms with Crippen LogP contribution in [0.2, 0.25) is 0 Å². The fourth-order valence-electron chi connectivity index (χ4n) is 6.30. The molecule has 0 aliphatic carbocycles. The molecule has 4 amide bonds. The zero-order chi connectivity index (χ0) is 46.7. The molecule has 0 bridgehead atoms. The average molecular weight is 873 g/mol. The van der Waals surface area contributed by atoms with E-state index in [0.717, 1.165) is 20.9 Å². The predicted octanol–water partition coefficient (Wildman–Crippen LogP) is 5.43. The molecule has 63 heavy (non-hydrogen) atoms. The van der Waals surface area contributed by atoms with Crippen LogP contribution >= 0.6 is 0 Å². The van der Waals surface area contributed by atoms with Crippen molar-refractivity contribution in [2.75, 3.05) is 27.2 Å². The maximum absolute atomic E-state index is 14.1. The predicted molar refractivity (Wildman–Crippen MR) is 236 cm³/mol. The Morgan fingerprint density at radius 1 is 0.587 bits per heavy atom. The topological polar surface area (TPSA) is 187 Å². The molecule has 0 saturated carbocycles. The molecule has 3 aromatic rings. The minimum Gasteiger partial charge on any atom is -0.458 e. The summed E-state index contributed by atoms with van der Waals surface area (Å²) in [5.41, 5.74) is 1.34. The third-order valence-corrected chi connectivity index (χ3v) is 10.3. The normalized spacial score (nSPS) is 14.0. The summed E-state index contributed by atoms with van der Waals surface area (Å²) in [5.74, 6) is -5.23. The summed E-state index contributed by atoms with van der Waals surface area (Å²) in [4.78, 5) is 96.6. The first-order chi connectivity index (χ1) is 29.8. The summed E-state index contributed by atoms with van der Waals surface area (Å²) in [6, 6.07) is 24.7. The van der Waals surface area contributed by atoms with Gasteiger partial charge in [0.05, 0.1) is 0 Å². The number of esters is 3. The van der Waals surface area contributed by atoms with Crippen molar-refractivity contribution in [2.45, 2.75) is 111 Å². The molecule has 0 unspecified atom stereocenters. The molecule has 0 aliphatic heterocycles. The molecule has 0 spiro atoms. The Balaban J connectivity index is 1.75. The number of likely N-dealkylation sites (N-methyl/N-ethyl adjacent to an activating group) is 2. The number of ether oxygens (including phenoxy) is 4. The third kappa shape index (κ3) is 17.6. The first kappa shape index (κ1) is 51.1. The van der Waals surface area contributed by atoms with E-state index in [1.165, 1.54) is 14.1 Å². The van der Waals surface area contributed by atoms with Gasteiger partial charge in [-0.05, 0) is 49.3 Å².